The standard InChI is InChI=1S/C18H25N3O3.C16H19N.C4H10/c1-19(15-22)10-8-17(23)21-12-9-18(24)20(13-14-21)11-7-16-5-3-2-4-6-16;1-17-13-12-16(14-8-4-2-5-9-14)15-10-6-3-7-11-15;1-4(2)3/h2-6,15H,7-14H2,1H3;2-11,16-17H,12-13H2,1H3;4H,1-3H3. The first kappa shape index (κ1) is 37.2. The number of nitrogens with one attached hydrogen (secondary N) is 1. The van der Waals surface area contributed by atoms with Crippen molar-refractivity contribution in [3.63, 3.8) is 0 Å². The summed E-state index contributed by atoms with van der Waals surface area (Å²) in [6, 6.07) is 31.6. The summed E-state index contributed by atoms with van der Waals surface area (Å²) in [5.41, 5.74) is 4.00. The fourth-order valence-corrected chi connectivity index (χ4v) is 4.93. The van der Waals surface area contributed by atoms with Gasteiger partial charge < -0.3 is 20.0 Å². The van der Waals surface area contributed by atoms with E-state index in [9.17, 15) is 14.4 Å². The Morgan fingerprint density at radius 1 is 0.867 bits per heavy atom. The molecule has 3 amide bonds. The van der Waals surface area contributed by atoms with E-state index in [2.05, 4.69) is 98.9 Å². The van der Waals surface area contributed by atoms with Crippen molar-refractivity contribution in [2.75, 3.05) is 53.4 Å². The number of benzene rings is 3. The molecule has 45 heavy (non-hydrogen) atoms. The molecule has 3 aromatic carbocycles. The van der Waals surface area contributed by atoms with Gasteiger partial charge >= 0.3 is 0 Å². The number of carbonyl (C=O) groups is 3. The molecule has 3 aromatic rings. The number of carbonyl (C=O) groups excluding carboxylic acids is 3. The molecule has 1 saturated heterocycles. The Balaban J connectivity index is 0.000000292. The zero-order valence-corrected chi connectivity index (χ0v) is 28.0. The van der Waals surface area contributed by atoms with Crippen LogP contribution in [0.4, 0.5) is 0 Å². The van der Waals surface area contributed by atoms with Crippen molar-refractivity contribution in [1.82, 2.24) is 20.0 Å². The van der Waals surface area contributed by atoms with Gasteiger partial charge in [0.1, 0.15) is 0 Å². The molecular weight excluding hydrogens is 560 g/mol. The fraction of sp³-hybridized carbons (Fsp3) is 0.447. The second kappa shape index (κ2) is 21.7. The number of nitrogens with zero attached hydrogens (tertiary/aromatic N) is 3. The van der Waals surface area contributed by atoms with Gasteiger partial charge in [-0.1, -0.05) is 112 Å². The van der Waals surface area contributed by atoms with Gasteiger partial charge in [-0.25, -0.2) is 0 Å². The van der Waals surface area contributed by atoms with Crippen LogP contribution in [0.1, 0.15) is 62.6 Å². The maximum absolute atomic E-state index is 12.2. The SMILES string of the molecule is CC(C)C.CN(C=O)CCC(=O)N1CCC(=O)N(CCc2ccccc2)CC1.CNCCC(c1ccccc1)c1ccccc1. The second-order valence-corrected chi connectivity index (χ2v) is 12.1. The smallest absolute Gasteiger partial charge is 0.224 e. The van der Waals surface area contributed by atoms with Crippen LogP contribution >= 0.6 is 0 Å². The lowest BCUT2D eigenvalue weighted by Crippen LogP contribution is -2.37. The van der Waals surface area contributed by atoms with Crippen molar-refractivity contribution in [1.29, 1.82) is 0 Å². The molecule has 0 bridgehead atoms. The van der Waals surface area contributed by atoms with Crippen LogP contribution in [0.3, 0.4) is 0 Å². The van der Waals surface area contributed by atoms with E-state index in [-0.39, 0.29) is 11.8 Å². The molecule has 244 valence electrons. The molecule has 7 nitrogen and oxygen atoms in total. The summed E-state index contributed by atoms with van der Waals surface area (Å²) in [6.07, 6.45) is 3.33. The minimum Gasteiger partial charge on any atom is -0.348 e. The Morgan fingerprint density at radius 2 is 1.40 bits per heavy atom. The highest BCUT2D eigenvalue weighted by atomic mass is 16.2. The number of hydrogen-bond acceptors (Lipinski definition) is 4. The van der Waals surface area contributed by atoms with Gasteiger partial charge in [0.05, 0.1) is 0 Å². The maximum Gasteiger partial charge on any atom is 0.224 e. The summed E-state index contributed by atoms with van der Waals surface area (Å²) in [6.45, 7) is 10.2. The molecule has 1 aliphatic heterocycles. The molecule has 0 unspecified atom stereocenters. The van der Waals surface area contributed by atoms with Crippen molar-refractivity contribution in [3.8, 4) is 0 Å². The molecule has 0 atom stereocenters. The third kappa shape index (κ3) is 15.0. The Morgan fingerprint density at radius 3 is 1.91 bits per heavy atom. The largest absolute Gasteiger partial charge is 0.348 e. The number of rotatable bonds is 12. The summed E-state index contributed by atoms with van der Waals surface area (Å²) in [5.74, 6) is 1.43. The van der Waals surface area contributed by atoms with E-state index in [1.54, 1.807) is 11.9 Å². The quantitative estimate of drug-likeness (QED) is 0.260. The van der Waals surface area contributed by atoms with Crippen LogP contribution in [0.25, 0.3) is 0 Å². The van der Waals surface area contributed by atoms with Gasteiger partial charge in [0.15, 0.2) is 0 Å². The first-order chi connectivity index (χ1) is 21.7. The van der Waals surface area contributed by atoms with E-state index in [4.69, 9.17) is 0 Å². The molecule has 1 heterocycles. The third-order valence-corrected chi connectivity index (χ3v) is 7.40. The molecule has 0 spiro atoms. The zero-order valence-electron chi connectivity index (χ0n) is 28.0. The van der Waals surface area contributed by atoms with Crippen LogP contribution < -0.4 is 5.32 Å². The van der Waals surface area contributed by atoms with Crippen LogP contribution in [-0.2, 0) is 20.8 Å². The lowest BCUT2D eigenvalue weighted by Gasteiger charge is -2.23. The van der Waals surface area contributed by atoms with Crippen LogP contribution in [0.2, 0.25) is 0 Å². The molecule has 1 fully saturated rings. The van der Waals surface area contributed by atoms with Crippen molar-refractivity contribution >= 4 is 18.2 Å². The molecule has 4 rings (SSSR count). The molecule has 0 saturated carbocycles. The average molecular weight is 615 g/mol. The van der Waals surface area contributed by atoms with Crippen molar-refractivity contribution in [2.45, 2.75) is 52.4 Å². The fourth-order valence-electron chi connectivity index (χ4n) is 4.93. The van der Waals surface area contributed by atoms with Crippen molar-refractivity contribution in [2.24, 2.45) is 5.92 Å². The van der Waals surface area contributed by atoms with E-state index in [0.29, 0.717) is 57.9 Å². The van der Waals surface area contributed by atoms with E-state index >= 15 is 0 Å². The lowest BCUT2D eigenvalue weighted by molar-refractivity contribution is -0.131. The molecular formula is C38H54N4O3. The molecule has 0 radical (unpaired) electrons. The van der Waals surface area contributed by atoms with Gasteiger partial charge in [-0.2, -0.15) is 0 Å². The zero-order chi connectivity index (χ0) is 32.9. The Labute approximate surface area is 271 Å². The molecule has 0 aliphatic carbocycles. The average Bonchev–Trinajstić information content (AvgIpc) is 3.25. The summed E-state index contributed by atoms with van der Waals surface area (Å²) < 4.78 is 0. The van der Waals surface area contributed by atoms with Gasteiger partial charge in [-0.15, -0.1) is 0 Å². The van der Waals surface area contributed by atoms with Gasteiger partial charge in [0.2, 0.25) is 18.2 Å². The number of hydrogen-bond donors (Lipinski definition) is 1. The molecule has 0 aromatic heterocycles. The lowest BCUT2D eigenvalue weighted by atomic mass is 9.88. The number of amides is 3. The summed E-state index contributed by atoms with van der Waals surface area (Å²) >= 11 is 0. The Bertz CT molecular complexity index is 1180. The molecule has 1 aliphatic rings. The minimum atomic E-state index is 0.00130. The summed E-state index contributed by atoms with van der Waals surface area (Å²) in [5, 5.41) is 3.24. The first-order valence-corrected chi connectivity index (χ1v) is 16.2. The predicted molar refractivity (Wildman–Crippen MR) is 185 cm³/mol. The van der Waals surface area contributed by atoms with Crippen LogP contribution in [0.5, 0.6) is 0 Å². The normalized spacial score (nSPS) is 12.9. The molecule has 7 heteroatoms. The van der Waals surface area contributed by atoms with Crippen LogP contribution in [-0.4, -0.2) is 86.3 Å². The van der Waals surface area contributed by atoms with E-state index in [1.165, 1.54) is 21.6 Å². The van der Waals surface area contributed by atoms with Gasteiger partial charge in [0.25, 0.3) is 0 Å². The van der Waals surface area contributed by atoms with E-state index in [0.717, 1.165) is 25.3 Å². The van der Waals surface area contributed by atoms with Crippen molar-refractivity contribution in [3.05, 3.63) is 108 Å². The highest BCUT2D eigenvalue weighted by Crippen LogP contribution is 2.27. The Hall–Kier alpha value is -3.97. The highest BCUT2D eigenvalue weighted by molar-refractivity contribution is 5.80. The maximum atomic E-state index is 12.2. The van der Waals surface area contributed by atoms with Gasteiger partial charge in [-0.3, -0.25) is 14.4 Å². The van der Waals surface area contributed by atoms with E-state index < -0.39 is 0 Å². The minimum absolute atomic E-state index is 0.00130. The predicted octanol–water partition coefficient (Wildman–Crippen LogP) is 5.86. The van der Waals surface area contributed by atoms with E-state index in [1.807, 2.05) is 30.1 Å². The van der Waals surface area contributed by atoms with Gasteiger partial charge in [0, 0.05) is 58.5 Å². The summed E-state index contributed by atoms with van der Waals surface area (Å²) in [7, 11) is 3.66. The molecule has 1 N–H and O–H groups in total. The van der Waals surface area contributed by atoms with Gasteiger partial charge in [-0.05, 0) is 49.0 Å². The third-order valence-electron chi connectivity index (χ3n) is 7.40. The highest BCUT2D eigenvalue weighted by Gasteiger charge is 2.23. The topological polar surface area (TPSA) is 73.0 Å². The van der Waals surface area contributed by atoms with Crippen LogP contribution in [0.15, 0.2) is 91.0 Å². The summed E-state index contributed by atoms with van der Waals surface area (Å²) in [4.78, 5) is 40.1. The monoisotopic (exact) mass is 614 g/mol. The first-order valence-electron chi connectivity index (χ1n) is 16.2. The Kier molecular flexibility index (Phi) is 17.9. The van der Waals surface area contributed by atoms with Crippen LogP contribution in [0, 0.1) is 5.92 Å². The second-order valence-electron chi connectivity index (χ2n) is 12.1. The van der Waals surface area contributed by atoms with Crippen molar-refractivity contribution < 1.29 is 14.4 Å².